The van der Waals surface area contributed by atoms with Crippen molar-refractivity contribution in [2.45, 2.75) is 38.5 Å². The summed E-state index contributed by atoms with van der Waals surface area (Å²) in [7, 11) is 1.59. The van der Waals surface area contributed by atoms with Gasteiger partial charge in [0.1, 0.15) is 5.75 Å². The van der Waals surface area contributed by atoms with Gasteiger partial charge in [-0.25, -0.2) is 0 Å². The maximum atomic E-state index is 12.9. The van der Waals surface area contributed by atoms with Crippen LogP contribution < -0.4 is 10.1 Å². The van der Waals surface area contributed by atoms with Crippen molar-refractivity contribution in [3.05, 3.63) is 70.0 Å². The SMILES string of the molecule is CCn1c(SCC(=O)c2ccc(Br)cc2)nnc1[C@H](NC(=O)c1ccc(OC)cc1)C(C)C. The van der Waals surface area contributed by atoms with Crippen molar-refractivity contribution in [2.75, 3.05) is 12.9 Å². The first-order valence-electron chi connectivity index (χ1n) is 10.6. The second kappa shape index (κ2) is 11.5. The van der Waals surface area contributed by atoms with Gasteiger partial charge in [-0.1, -0.05) is 53.7 Å². The molecule has 7 nitrogen and oxygen atoms in total. The number of carbonyl (C=O) groups excluding carboxylic acids is 2. The van der Waals surface area contributed by atoms with Crippen LogP contribution in [0.3, 0.4) is 0 Å². The summed E-state index contributed by atoms with van der Waals surface area (Å²) >= 11 is 4.73. The molecular formula is C24H27BrN4O3S. The molecule has 1 heterocycles. The molecule has 9 heteroatoms. The first-order chi connectivity index (χ1) is 15.8. The number of ketones is 1. The van der Waals surface area contributed by atoms with Gasteiger partial charge in [-0.3, -0.25) is 9.59 Å². The highest BCUT2D eigenvalue weighted by atomic mass is 79.9. The van der Waals surface area contributed by atoms with Crippen LogP contribution in [0, 0.1) is 5.92 Å². The Morgan fingerprint density at radius 3 is 2.27 bits per heavy atom. The molecule has 0 aliphatic heterocycles. The average molecular weight is 531 g/mol. The predicted octanol–water partition coefficient (Wildman–Crippen LogP) is 5.17. The van der Waals surface area contributed by atoms with Crippen LogP contribution in [-0.4, -0.2) is 39.3 Å². The quantitative estimate of drug-likeness (QED) is 0.287. The number of rotatable bonds is 10. The van der Waals surface area contributed by atoms with Crippen molar-refractivity contribution < 1.29 is 14.3 Å². The topological polar surface area (TPSA) is 86.1 Å². The average Bonchev–Trinajstić information content (AvgIpc) is 3.23. The maximum absolute atomic E-state index is 12.9. The van der Waals surface area contributed by atoms with E-state index in [0.29, 0.717) is 34.4 Å². The number of ether oxygens (including phenoxy) is 1. The minimum atomic E-state index is -0.330. The highest BCUT2D eigenvalue weighted by Gasteiger charge is 2.26. The Morgan fingerprint density at radius 1 is 1.06 bits per heavy atom. The molecule has 0 bridgehead atoms. The number of nitrogens with one attached hydrogen (secondary N) is 1. The minimum absolute atomic E-state index is 0.0212. The van der Waals surface area contributed by atoms with Gasteiger partial charge in [-0.15, -0.1) is 10.2 Å². The maximum Gasteiger partial charge on any atom is 0.251 e. The van der Waals surface area contributed by atoms with Crippen molar-refractivity contribution in [1.82, 2.24) is 20.1 Å². The van der Waals surface area contributed by atoms with Gasteiger partial charge >= 0.3 is 0 Å². The van der Waals surface area contributed by atoms with Crippen LogP contribution in [-0.2, 0) is 6.54 Å². The molecule has 1 N–H and O–H groups in total. The summed E-state index contributed by atoms with van der Waals surface area (Å²) in [4.78, 5) is 25.4. The normalized spacial score (nSPS) is 11.9. The van der Waals surface area contributed by atoms with Gasteiger partial charge in [0.25, 0.3) is 5.91 Å². The summed E-state index contributed by atoms with van der Waals surface area (Å²) in [5.41, 5.74) is 1.19. The molecule has 33 heavy (non-hydrogen) atoms. The van der Waals surface area contributed by atoms with Gasteiger partial charge in [0.15, 0.2) is 16.8 Å². The van der Waals surface area contributed by atoms with Gasteiger partial charge in [0.05, 0.1) is 18.9 Å². The lowest BCUT2D eigenvalue weighted by Crippen LogP contribution is -2.33. The summed E-state index contributed by atoms with van der Waals surface area (Å²) in [6.07, 6.45) is 0. The molecule has 3 aromatic rings. The molecule has 0 radical (unpaired) electrons. The van der Waals surface area contributed by atoms with Crippen molar-refractivity contribution in [2.24, 2.45) is 5.92 Å². The largest absolute Gasteiger partial charge is 0.497 e. The summed E-state index contributed by atoms with van der Waals surface area (Å²) in [6, 6.07) is 13.9. The van der Waals surface area contributed by atoms with Gasteiger partial charge in [-0.2, -0.15) is 0 Å². The van der Waals surface area contributed by atoms with E-state index in [4.69, 9.17) is 4.74 Å². The zero-order valence-electron chi connectivity index (χ0n) is 19.0. The number of thioether (sulfide) groups is 1. The molecular weight excluding hydrogens is 504 g/mol. The van der Waals surface area contributed by atoms with Crippen LogP contribution in [0.4, 0.5) is 0 Å². The van der Waals surface area contributed by atoms with E-state index in [1.165, 1.54) is 11.8 Å². The number of nitrogens with zero attached hydrogens (tertiary/aromatic N) is 3. The van der Waals surface area contributed by atoms with Crippen LogP contribution in [0.25, 0.3) is 0 Å². The minimum Gasteiger partial charge on any atom is -0.497 e. The molecule has 0 aliphatic rings. The smallest absolute Gasteiger partial charge is 0.251 e. The number of benzene rings is 2. The number of halogens is 1. The summed E-state index contributed by atoms with van der Waals surface area (Å²) in [5, 5.41) is 12.4. The van der Waals surface area contributed by atoms with E-state index in [-0.39, 0.29) is 29.4 Å². The molecule has 1 atom stereocenters. The van der Waals surface area contributed by atoms with E-state index in [1.807, 2.05) is 37.5 Å². The van der Waals surface area contributed by atoms with Crippen molar-refractivity contribution >= 4 is 39.4 Å². The fourth-order valence-corrected chi connectivity index (χ4v) is 4.45. The zero-order valence-corrected chi connectivity index (χ0v) is 21.4. The number of carbonyl (C=O) groups is 2. The third kappa shape index (κ3) is 6.23. The first kappa shape index (κ1) is 25.0. The summed E-state index contributed by atoms with van der Waals surface area (Å²) in [6.45, 7) is 6.67. The molecule has 1 amide bonds. The molecule has 0 aliphatic carbocycles. The highest BCUT2D eigenvalue weighted by Crippen LogP contribution is 2.26. The predicted molar refractivity (Wildman–Crippen MR) is 133 cm³/mol. The lowest BCUT2D eigenvalue weighted by Gasteiger charge is -2.22. The molecule has 0 saturated heterocycles. The van der Waals surface area contributed by atoms with Crippen molar-refractivity contribution in [3.63, 3.8) is 0 Å². The number of amides is 1. The second-order valence-corrected chi connectivity index (χ2v) is 9.59. The Morgan fingerprint density at radius 2 is 1.70 bits per heavy atom. The van der Waals surface area contributed by atoms with Gasteiger partial charge in [0.2, 0.25) is 0 Å². The van der Waals surface area contributed by atoms with Crippen molar-refractivity contribution in [1.29, 1.82) is 0 Å². The molecule has 0 spiro atoms. The number of methoxy groups -OCH3 is 1. The Bertz CT molecular complexity index is 1100. The van der Waals surface area contributed by atoms with Crippen molar-refractivity contribution in [3.8, 4) is 5.75 Å². The monoisotopic (exact) mass is 530 g/mol. The molecule has 1 aromatic heterocycles. The fraction of sp³-hybridized carbons (Fsp3) is 0.333. The van der Waals surface area contributed by atoms with E-state index in [0.717, 1.165) is 4.47 Å². The van der Waals surface area contributed by atoms with E-state index in [9.17, 15) is 9.59 Å². The number of aromatic nitrogens is 3. The summed E-state index contributed by atoms with van der Waals surface area (Å²) < 4.78 is 8.05. The van der Waals surface area contributed by atoms with Crippen LogP contribution in [0.2, 0.25) is 0 Å². The van der Waals surface area contributed by atoms with Gasteiger partial charge in [-0.05, 0) is 49.2 Å². The molecule has 0 saturated carbocycles. The van der Waals surface area contributed by atoms with Gasteiger partial charge < -0.3 is 14.6 Å². The summed E-state index contributed by atoms with van der Waals surface area (Å²) in [5.74, 6) is 1.54. The second-order valence-electron chi connectivity index (χ2n) is 7.73. The first-order valence-corrected chi connectivity index (χ1v) is 12.4. The number of hydrogen-bond donors (Lipinski definition) is 1. The molecule has 0 fully saturated rings. The highest BCUT2D eigenvalue weighted by molar-refractivity contribution is 9.10. The lowest BCUT2D eigenvalue weighted by atomic mass is 10.0. The van der Waals surface area contributed by atoms with Crippen LogP contribution in [0.1, 0.15) is 53.4 Å². The Balaban J connectivity index is 1.75. The van der Waals surface area contributed by atoms with Crippen LogP contribution in [0.15, 0.2) is 58.2 Å². The van der Waals surface area contributed by atoms with E-state index >= 15 is 0 Å². The number of Topliss-reactive ketones (excluding diaryl/α,β-unsaturated/α-hetero) is 1. The van der Waals surface area contributed by atoms with Crippen LogP contribution >= 0.6 is 27.7 Å². The third-order valence-electron chi connectivity index (χ3n) is 5.14. The number of hydrogen-bond acceptors (Lipinski definition) is 6. The fourth-order valence-electron chi connectivity index (χ4n) is 3.28. The molecule has 3 rings (SSSR count). The lowest BCUT2D eigenvalue weighted by molar-refractivity contribution is 0.0921. The molecule has 2 aromatic carbocycles. The van der Waals surface area contributed by atoms with E-state index in [2.05, 4.69) is 31.4 Å². The molecule has 174 valence electrons. The van der Waals surface area contributed by atoms with E-state index < -0.39 is 0 Å². The standard InChI is InChI=1S/C24H27BrN4O3S/c1-5-29-22(21(15(2)3)26-23(31)17-8-12-19(32-4)13-9-17)27-28-24(29)33-14-20(30)16-6-10-18(25)11-7-16/h6-13,15,21H,5,14H2,1-4H3,(H,26,31)/t21-/m1/s1. The van der Waals surface area contributed by atoms with E-state index in [1.54, 1.807) is 43.5 Å². The zero-order chi connectivity index (χ0) is 24.0. The van der Waals surface area contributed by atoms with Gasteiger partial charge in [0, 0.05) is 22.1 Å². The molecule has 0 unspecified atom stereocenters. The van der Waals surface area contributed by atoms with Crippen LogP contribution in [0.5, 0.6) is 5.75 Å². The Labute approximate surface area is 206 Å². The Kier molecular flexibility index (Phi) is 8.68. The Hall–Kier alpha value is -2.65. The third-order valence-corrected chi connectivity index (χ3v) is 6.64.